The van der Waals surface area contributed by atoms with Crippen LogP contribution in [0.3, 0.4) is 0 Å². The van der Waals surface area contributed by atoms with Crippen molar-refractivity contribution in [2.24, 2.45) is 4.99 Å². The summed E-state index contributed by atoms with van der Waals surface area (Å²) in [5.41, 5.74) is 2.17. The molecule has 0 aromatic heterocycles. The van der Waals surface area contributed by atoms with Crippen molar-refractivity contribution < 1.29 is 9.53 Å². The number of rotatable bonds is 5. The van der Waals surface area contributed by atoms with Crippen molar-refractivity contribution in [2.75, 3.05) is 19.8 Å². The maximum atomic E-state index is 12.2. The number of hydrogen-bond acceptors (Lipinski definition) is 4. The van der Waals surface area contributed by atoms with Crippen LogP contribution in [0.4, 0.5) is 5.69 Å². The van der Waals surface area contributed by atoms with E-state index in [1.165, 1.54) is 0 Å². The van der Waals surface area contributed by atoms with E-state index in [9.17, 15) is 4.79 Å². The third-order valence-electron chi connectivity index (χ3n) is 3.51. The lowest BCUT2D eigenvalue weighted by molar-refractivity contribution is 0.0922. The summed E-state index contributed by atoms with van der Waals surface area (Å²) >= 11 is 7.95. The number of carbonyl (C=O) groups is 1. The second-order valence-electron chi connectivity index (χ2n) is 5.14. The molecule has 0 saturated heterocycles. The van der Waals surface area contributed by atoms with E-state index in [2.05, 4.69) is 10.3 Å². The number of halogens is 1. The number of carbonyl (C=O) groups excluding carboxylic acids is 1. The van der Waals surface area contributed by atoms with Gasteiger partial charge >= 0.3 is 0 Å². The summed E-state index contributed by atoms with van der Waals surface area (Å²) in [5.74, 6) is -0.143. The molecule has 0 fully saturated rings. The number of fused-ring (bicyclic) bond motifs is 2. The number of aliphatic imine (C=N–C) groups is 1. The van der Waals surface area contributed by atoms with Crippen molar-refractivity contribution >= 4 is 40.1 Å². The highest BCUT2D eigenvalue weighted by Gasteiger charge is 2.17. The topological polar surface area (TPSA) is 50.7 Å². The molecule has 4 nitrogen and oxygen atoms in total. The third-order valence-corrected chi connectivity index (χ3v) is 4.93. The van der Waals surface area contributed by atoms with Crippen molar-refractivity contribution in [1.82, 2.24) is 5.32 Å². The number of benzene rings is 2. The van der Waals surface area contributed by atoms with E-state index in [0.29, 0.717) is 36.2 Å². The highest BCUT2D eigenvalue weighted by molar-refractivity contribution is 7.99. The highest BCUT2D eigenvalue weighted by atomic mass is 35.5. The Bertz CT molecular complexity index is 792. The standard InChI is InChI=1S/C18H17ClN2O2S/c1-2-23-10-9-20-18(22)12-7-8-16-14(11-12)21-17(19)13-5-3-4-6-15(13)24-16/h3-8,11H,2,9-10H2,1H3,(H,20,22). The lowest BCUT2D eigenvalue weighted by Gasteiger charge is -2.08. The number of amides is 1. The molecule has 1 heterocycles. The third kappa shape index (κ3) is 3.80. The molecular formula is C18H17ClN2O2S. The first kappa shape index (κ1) is 17.0. The van der Waals surface area contributed by atoms with Crippen LogP contribution in [-0.2, 0) is 4.74 Å². The van der Waals surface area contributed by atoms with E-state index in [1.54, 1.807) is 23.9 Å². The van der Waals surface area contributed by atoms with Gasteiger partial charge in [-0.3, -0.25) is 4.79 Å². The van der Waals surface area contributed by atoms with Gasteiger partial charge in [0.2, 0.25) is 0 Å². The zero-order valence-corrected chi connectivity index (χ0v) is 14.8. The SMILES string of the molecule is CCOCCNC(=O)c1ccc2c(c1)N=C(Cl)c1ccccc1S2. The fraction of sp³-hybridized carbons (Fsp3) is 0.222. The Morgan fingerprint density at radius 3 is 2.92 bits per heavy atom. The molecule has 0 aliphatic carbocycles. The first-order valence-electron chi connectivity index (χ1n) is 7.70. The predicted molar refractivity (Wildman–Crippen MR) is 97.9 cm³/mol. The van der Waals surface area contributed by atoms with Gasteiger partial charge in [0.15, 0.2) is 0 Å². The molecule has 2 aromatic carbocycles. The molecular weight excluding hydrogens is 344 g/mol. The van der Waals surface area contributed by atoms with Gasteiger partial charge in [0.25, 0.3) is 5.91 Å². The first-order valence-corrected chi connectivity index (χ1v) is 8.90. The minimum Gasteiger partial charge on any atom is -0.380 e. The molecule has 0 saturated carbocycles. The van der Waals surface area contributed by atoms with Crippen LogP contribution in [0.15, 0.2) is 57.2 Å². The maximum Gasteiger partial charge on any atom is 0.251 e. The largest absolute Gasteiger partial charge is 0.380 e. The summed E-state index contributed by atoms with van der Waals surface area (Å²) in [6.45, 7) is 3.54. The van der Waals surface area contributed by atoms with Crippen LogP contribution in [0.2, 0.25) is 0 Å². The van der Waals surface area contributed by atoms with Gasteiger partial charge in [-0.1, -0.05) is 41.6 Å². The molecule has 3 rings (SSSR count). The fourth-order valence-corrected chi connectivity index (χ4v) is 3.64. The van der Waals surface area contributed by atoms with E-state index in [4.69, 9.17) is 16.3 Å². The Morgan fingerprint density at radius 1 is 1.25 bits per heavy atom. The number of hydrogen-bond donors (Lipinski definition) is 1. The van der Waals surface area contributed by atoms with Crippen LogP contribution < -0.4 is 5.32 Å². The summed E-state index contributed by atoms with van der Waals surface area (Å²) in [4.78, 5) is 18.7. The number of nitrogens with one attached hydrogen (secondary N) is 1. The van der Waals surface area contributed by atoms with Crippen LogP contribution in [-0.4, -0.2) is 30.8 Å². The fourth-order valence-electron chi connectivity index (χ4n) is 2.33. The summed E-state index contributed by atoms with van der Waals surface area (Å²) in [5, 5.41) is 3.27. The summed E-state index contributed by atoms with van der Waals surface area (Å²) < 4.78 is 5.22. The van der Waals surface area contributed by atoms with Gasteiger partial charge in [-0.05, 0) is 31.2 Å². The van der Waals surface area contributed by atoms with Gasteiger partial charge in [-0.25, -0.2) is 4.99 Å². The monoisotopic (exact) mass is 360 g/mol. The summed E-state index contributed by atoms with van der Waals surface area (Å²) in [6, 6.07) is 13.4. The smallest absolute Gasteiger partial charge is 0.251 e. The zero-order chi connectivity index (χ0) is 16.9. The highest BCUT2D eigenvalue weighted by Crippen LogP contribution is 2.41. The van der Waals surface area contributed by atoms with Crippen LogP contribution in [0.1, 0.15) is 22.8 Å². The second kappa shape index (κ2) is 7.83. The summed E-state index contributed by atoms with van der Waals surface area (Å²) in [7, 11) is 0. The average Bonchev–Trinajstić information content (AvgIpc) is 2.74. The molecule has 124 valence electrons. The average molecular weight is 361 g/mol. The zero-order valence-electron chi connectivity index (χ0n) is 13.2. The Labute approximate surface area is 150 Å². The van der Waals surface area contributed by atoms with Gasteiger partial charge in [0.1, 0.15) is 5.17 Å². The Balaban J connectivity index is 1.83. The van der Waals surface area contributed by atoms with E-state index < -0.39 is 0 Å². The van der Waals surface area contributed by atoms with Gasteiger partial charge in [0, 0.05) is 34.1 Å². The molecule has 0 unspecified atom stereocenters. The van der Waals surface area contributed by atoms with Crippen LogP contribution in [0, 0.1) is 0 Å². The lowest BCUT2D eigenvalue weighted by atomic mass is 10.2. The second-order valence-corrected chi connectivity index (χ2v) is 6.58. The van der Waals surface area contributed by atoms with Gasteiger partial charge in [-0.15, -0.1) is 0 Å². The van der Waals surface area contributed by atoms with Gasteiger partial charge < -0.3 is 10.1 Å². The number of nitrogens with zero attached hydrogens (tertiary/aromatic N) is 1. The molecule has 0 atom stereocenters. The van der Waals surface area contributed by atoms with Gasteiger partial charge in [0.05, 0.1) is 12.3 Å². The minimum atomic E-state index is -0.143. The van der Waals surface area contributed by atoms with E-state index in [1.807, 2.05) is 37.3 Å². The quantitative estimate of drug-likeness (QED) is 0.811. The predicted octanol–water partition coefficient (Wildman–Crippen LogP) is 4.23. The molecule has 1 amide bonds. The van der Waals surface area contributed by atoms with Crippen molar-refractivity contribution in [3.63, 3.8) is 0 Å². The van der Waals surface area contributed by atoms with E-state index in [0.717, 1.165) is 15.4 Å². The van der Waals surface area contributed by atoms with Crippen molar-refractivity contribution in [3.8, 4) is 0 Å². The van der Waals surface area contributed by atoms with Crippen LogP contribution >= 0.6 is 23.4 Å². The minimum absolute atomic E-state index is 0.143. The van der Waals surface area contributed by atoms with E-state index in [-0.39, 0.29) is 5.91 Å². The first-order chi connectivity index (χ1) is 11.7. The van der Waals surface area contributed by atoms with Crippen LogP contribution in [0.25, 0.3) is 0 Å². The van der Waals surface area contributed by atoms with Crippen molar-refractivity contribution in [3.05, 3.63) is 53.6 Å². The Hall–Kier alpha value is -1.82. The molecule has 2 aromatic rings. The van der Waals surface area contributed by atoms with Crippen molar-refractivity contribution in [1.29, 1.82) is 0 Å². The normalized spacial score (nSPS) is 12.7. The molecule has 0 spiro atoms. The lowest BCUT2D eigenvalue weighted by Crippen LogP contribution is -2.27. The molecule has 0 bridgehead atoms. The molecule has 6 heteroatoms. The van der Waals surface area contributed by atoms with Crippen molar-refractivity contribution in [2.45, 2.75) is 16.7 Å². The maximum absolute atomic E-state index is 12.2. The molecule has 1 N–H and O–H groups in total. The molecule has 1 aliphatic heterocycles. The Kier molecular flexibility index (Phi) is 5.56. The van der Waals surface area contributed by atoms with E-state index >= 15 is 0 Å². The number of ether oxygens (including phenoxy) is 1. The molecule has 0 radical (unpaired) electrons. The van der Waals surface area contributed by atoms with Gasteiger partial charge in [-0.2, -0.15) is 0 Å². The molecule has 1 aliphatic rings. The summed E-state index contributed by atoms with van der Waals surface area (Å²) in [6.07, 6.45) is 0. The van der Waals surface area contributed by atoms with Crippen LogP contribution in [0.5, 0.6) is 0 Å². The molecule has 24 heavy (non-hydrogen) atoms. The Morgan fingerprint density at radius 2 is 2.08 bits per heavy atom.